The Labute approximate surface area is 77.9 Å². The number of hydrogen-bond donors (Lipinski definition) is 1. The van der Waals surface area contributed by atoms with Gasteiger partial charge in [-0.05, 0) is 17.7 Å². The fraction of sp³-hybridized carbons (Fsp3) is 0.400. The zero-order valence-electron chi connectivity index (χ0n) is 7.86. The predicted molar refractivity (Wildman–Crippen MR) is 49.7 cm³/mol. The van der Waals surface area contributed by atoms with Gasteiger partial charge in [0.2, 0.25) is 0 Å². The number of rotatable bonds is 4. The second-order valence-corrected chi connectivity index (χ2v) is 2.75. The molecule has 3 nitrogen and oxygen atoms in total. The maximum absolute atomic E-state index is 9.21. The lowest BCUT2D eigenvalue weighted by molar-refractivity contribution is -0.0720. The third-order valence-corrected chi connectivity index (χ3v) is 1.82. The fourth-order valence-electron chi connectivity index (χ4n) is 1.08. The van der Waals surface area contributed by atoms with Gasteiger partial charge in [-0.2, -0.15) is 0 Å². The van der Waals surface area contributed by atoms with E-state index >= 15 is 0 Å². The van der Waals surface area contributed by atoms with Gasteiger partial charge in [0.1, 0.15) is 5.75 Å². The molecule has 0 aliphatic carbocycles. The monoisotopic (exact) mass is 182 g/mol. The zero-order valence-corrected chi connectivity index (χ0v) is 7.86. The molecule has 13 heavy (non-hydrogen) atoms. The Balaban J connectivity index is 2.66. The highest BCUT2D eigenvalue weighted by Crippen LogP contribution is 2.13. The largest absolute Gasteiger partial charge is 0.497 e. The Kier molecular flexibility index (Phi) is 3.73. The lowest BCUT2D eigenvalue weighted by atomic mass is 10.1. The molecule has 1 unspecified atom stereocenters. The Bertz CT molecular complexity index is 260. The molecule has 0 radical (unpaired) electrons. The van der Waals surface area contributed by atoms with Crippen LogP contribution in [0.1, 0.15) is 5.56 Å². The zero-order chi connectivity index (χ0) is 9.68. The molecule has 72 valence electrons. The molecule has 0 aliphatic rings. The highest BCUT2D eigenvalue weighted by Gasteiger charge is 2.03. The summed E-state index contributed by atoms with van der Waals surface area (Å²) in [7, 11) is 3.09. The van der Waals surface area contributed by atoms with Crippen molar-refractivity contribution in [1.29, 1.82) is 0 Å². The van der Waals surface area contributed by atoms with Crippen LogP contribution in [0, 0.1) is 0 Å². The van der Waals surface area contributed by atoms with Crippen LogP contribution in [-0.2, 0) is 11.2 Å². The van der Waals surface area contributed by atoms with E-state index in [0.29, 0.717) is 6.42 Å². The van der Waals surface area contributed by atoms with Crippen LogP contribution in [0.5, 0.6) is 5.75 Å². The molecule has 1 atom stereocenters. The molecule has 1 aromatic carbocycles. The first kappa shape index (κ1) is 10.0. The maximum atomic E-state index is 9.21. The van der Waals surface area contributed by atoms with Crippen molar-refractivity contribution in [2.45, 2.75) is 12.7 Å². The number of aliphatic hydroxyl groups excluding tert-OH is 1. The Hall–Kier alpha value is -1.06. The second-order valence-electron chi connectivity index (χ2n) is 2.75. The Morgan fingerprint density at radius 3 is 2.77 bits per heavy atom. The smallest absolute Gasteiger partial charge is 0.158 e. The van der Waals surface area contributed by atoms with E-state index in [9.17, 15) is 5.11 Å². The second kappa shape index (κ2) is 4.84. The van der Waals surface area contributed by atoms with Crippen molar-refractivity contribution in [1.82, 2.24) is 0 Å². The van der Waals surface area contributed by atoms with Crippen LogP contribution in [0.4, 0.5) is 0 Å². The normalized spacial score (nSPS) is 12.5. The number of ether oxygens (including phenoxy) is 2. The summed E-state index contributed by atoms with van der Waals surface area (Å²) >= 11 is 0. The van der Waals surface area contributed by atoms with Crippen molar-refractivity contribution in [3.63, 3.8) is 0 Å². The van der Waals surface area contributed by atoms with E-state index in [0.717, 1.165) is 11.3 Å². The summed E-state index contributed by atoms with van der Waals surface area (Å²) in [6, 6.07) is 7.55. The van der Waals surface area contributed by atoms with E-state index < -0.39 is 6.29 Å². The minimum absolute atomic E-state index is 0.480. The van der Waals surface area contributed by atoms with Gasteiger partial charge in [0.25, 0.3) is 0 Å². The lowest BCUT2D eigenvalue weighted by Gasteiger charge is -2.08. The van der Waals surface area contributed by atoms with Gasteiger partial charge < -0.3 is 14.6 Å². The van der Waals surface area contributed by atoms with E-state index in [-0.39, 0.29) is 0 Å². The van der Waals surface area contributed by atoms with Gasteiger partial charge in [0.05, 0.1) is 7.11 Å². The third-order valence-electron chi connectivity index (χ3n) is 1.82. The van der Waals surface area contributed by atoms with Gasteiger partial charge >= 0.3 is 0 Å². The molecular formula is C10H14O3. The van der Waals surface area contributed by atoms with E-state index in [2.05, 4.69) is 0 Å². The summed E-state index contributed by atoms with van der Waals surface area (Å²) < 4.78 is 9.79. The summed E-state index contributed by atoms with van der Waals surface area (Å²) in [5, 5.41) is 9.21. The summed E-state index contributed by atoms with van der Waals surface area (Å²) in [5.41, 5.74) is 0.994. The van der Waals surface area contributed by atoms with Crippen molar-refractivity contribution >= 4 is 0 Å². The van der Waals surface area contributed by atoms with Gasteiger partial charge in [0.15, 0.2) is 6.29 Å². The summed E-state index contributed by atoms with van der Waals surface area (Å²) in [4.78, 5) is 0. The first-order chi connectivity index (χ1) is 6.26. The van der Waals surface area contributed by atoms with Crippen LogP contribution < -0.4 is 4.74 Å². The van der Waals surface area contributed by atoms with Crippen molar-refractivity contribution in [2.75, 3.05) is 14.2 Å². The van der Waals surface area contributed by atoms with Crippen LogP contribution in [0.15, 0.2) is 24.3 Å². The Morgan fingerprint density at radius 1 is 1.38 bits per heavy atom. The molecule has 0 saturated carbocycles. The predicted octanol–water partition coefficient (Wildman–Crippen LogP) is 1.20. The van der Waals surface area contributed by atoms with Gasteiger partial charge in [-0.3, -0.25) is 0 Å². The van der Waals surface area contributed by atoms with Gasteiger partial charge in [-0.1, -0.05) is 12.1 Å². The van der Waals surface area contributed by atoms with E-state index in [4.69, 9.17) is 9.47 Å². The van der Waals surface area contributed by atoms with Crippen LogP contribution >= 0.6 is 0 Å². The summed E-state index contributed by atoms with van der Waals surface area (Å²) in [5.74, 6) is 0.792. The van der Waals surface area contributed by atoms with Crippen molar-refractivity contribution < 1.29 is 14.6 Å². The minimum Gasteiger partial charge on any atom is -0.497 e. The molecule has 0 saturated heterocycles. The number of methoxy groups -OCH3 is 2. The lowest BCUT2D eigenvalue weighted by Crippen LogP contribution is -2.12. The molecule has 0 aliphatic heterocycles. The van der Waals surface area contributed by atoms with Gasteiger partial charge in [-0.25, -0.2) is 0 Å². The van der Waals surface area contributed by atoms with Gasteiger partial charge in [-0.15, -0.1) is 0 Å². The van der Waals surface area contributed by atoms with Crippen molar-refractivity contribution in [3.05, 3.63) is 29.8 Å². The maximum Gasteiger partial charge on any atom is 0.158 e. The molecule has 3 heteroatoms. The molecule has 0 fully saturated rings. The molecular weight excluding hydrogens is 168 g/mol. The molecule has 0 bridgehead atoms. The molecule has 0 amide bonds. The average molecular weight is 182 g/mol. The van der Waals surface area contributed by atoms with Gasteiger partial charge in [0, 0.05) is 13.5 Å². The highest BCUT2D eigenvalue weighted by molar-refractivity contribution is 5.28. The van der Waals surface area contributed by atoms with Crippen molar-refractivity contribution in [3.8, 4) is 5.75 Å². The van der Waals surface area contributed by atoms with Crippen molar-refractivity contribution in [2.24, 2.45) is 0 Å². The molecule has 0 spiro atoms. The highest BCUT2D eigenvalue weighted by atomic mass is 16.6. The quantitative estimate of drug-likeness (QED) is 0.711. The molecule has 1 N–H and O–H groups in total. The topological polar surface area (TPSA) is 38.7 Å². The van der Waals surface area contributed by atoms with Crippen LogP contribution in [0.25, 0.3) is 0 Å². The van der Waals surface area contributed by atoms with E-state index in [1.165, 1.54) is 7.11 Å². The first-order valence-corrected chi connectivity index (χ1v) is 4.10. The fourth-order valence-corrected chi connectivity index (χ4v) is 1.08. The first-order valence-electron chi connectivity index (χ1n) is 4.10. The summed E-state index contributed by atoms with van der Waals surface area (Å²) in [6.07, 6.45) is -0.264. The molecule has 0 heterocycles. The van der Waals surface area contributed by atoms with E-state index in [1.54, 1.807) is 7.11 Å². The van der Waals surface area contributed by atoms with Crippen LogP contribution in [-0.4, -0.2) is 25.6 Å². The number of aliphatic hydroxyl groups is 1. The number of hydrogen-bond acceptors (Lipinski definition) is 3. The molecule has 1 rings (SSSR count). The minimum atomic E-state index is -0.743. The number of benzene rings is 1. The molecule has 1 aromatic rings. The average Bonchev–Trinajstić information content (AvgIpc) is 2.18. The SMILES string of the molecule is COc1cccc(CC(O)OC)c1. The van der Waals surface area contributed by atoms with E-state index in [1.807, 2.05) is 24.3 Å². The Morgan fingerprint density at radius 2 is 2.15 bits per heavy atom. The molecule has 0 aromatic heterocycles. The third kappa shape index (κ3) is 3.05. The van der Waals surface area contributed by atoms with Crippen LogP contribution in [0.2, 0.25) is 0 Å². The standard InChI is InChI=1S/C10H14O3/c1-12-9-5-3-4-8(6-9)7-10(11)13-2/h3-6,10-11H,7H2,1-2H3. The summed E-state index contributed by atoms with van der Waals surface area (Å²) in [6.45, 7) is 0. The van der Waals surface area contributed by atoms with Crippen LogP contribution in [0.3, 0.4) is 0 Å².